The molecule has 0 saturated carbocycles. The normalized spacial score (nSPS) is 16.0. The molecule has 0 aliphatic carbocycles. The highest BCUT2D eigenvalue weighted by atomic mass is 35.5. The van der Waals surface area contributed by atoms with Gasteiger partial charge in [-0.3, -0.25) is 14.4 Å². The van der Waals surface area contributed by atoms with Gasteiger partial charge in [0.05, 0.1) is 12.2 Å². The van der Waals surface area contributed by atoms with Crippen LogP contribution in [0.1, 0.15) is 45.9 Å². The van der Waals surface area contributed by atoms with Crippen molar-refractivity contribution in [2.75, 3.05) is 36.9 Å². The Hall–Kier alpha value is -3.77. The maximum atomic E-state index is 12.9. The van der Waals surface area contributed by atoms with E-state index >= 15 is 0 Å². The van der Waals surface area contributed by atoms with Crippen LogP contribution in [-0.2, 0) is 17.3 Å². The van der Waals surface area contributed by atoms with Crippen molar-refractivity contribution in [1.82, 2.24) is 34.2 Å². The highest BCUT2D eigenvalue weighted by Gasteiger charge is 2.30. The molecule has 1 saturated heterocycles. The fourth-order valence-corrected chi connectivity index (χ4v) is 5.19. The number of carbonyl (C=O) groups excluding carboxylic acids is 1. The fraction of sp³-hybridized carbons (Fsp3) is 0.444. The van der Waals surface area contributed by atoms with E-state index < -0.39 is 0 Å². The van der Waals surface area contributed by atoms with Crippen molar-refractivity contribution in [3.05, 3.63) is 41.3 Å². The number of pyridine rings is 2. The lowest BCUT2D eigenvalue weighted by Crippen LogP contribution is -2.26. The Bertz CT molecular complexity index is 1550. The molecule has 5 rings (SSSR count). The predicted octanol–water partition coefficient (Wildman–Crippen LogP) is 5.22. The molecular weight excluding hydrogens is 537 g/mol. The van der Waals surface area contributed by atoms with Gasteiger partial charge in [0, 0.05) is 63.0 Å². The smallest absolute Gasteiger partial charge is 0.222 e. The number of aryl methyl sites for hydroxylation is 1. The van der Waals surface area contributed by atoms with Gasteiger partial charge in [0.1, 0.15) is 28.8 Å². The zero-order valence-electron chi connectivity index (χ0n) is 23.2. The Balaban J connectivity index is 1.42. The van der Waals surface area contributed by atoms with Crippen LogP contribution in [-0.4, -0.2) is 66.4 Å². The van der Waals surface area contributed by atoms with Crippen LogP contribution < -0.4 is 15.4 Å². The second kappa shape index (κ2) is 11.0. The van der Waals surface area contributed by atoms with Crippen molar-refractivity contribution in [3.63, 3.8) is 0 Å². The van der Waals surface area contributed by atoms with E-state index in [0.29, 0.717) is 51.8 Å². The molecule has 11 nitrogen and oxygen atoms in total. The van der Waals surface area contributed by atoms with E-state index in [0.717, 1.165) is 25.2 Å². The minimum absolute atomic E-state index is 0.142. The van der Waals surface area contributed by atoms with Gasteiger partial charge in [-0.15, -0.1) is 0 Å². The van der Waals surface area contributed by atoms with Crippen LogP contribution in [0.15, 0.2) is 30.6 Å². The molecule has 5 heterocycles. The molecule has 1 atom stereocenters. The van der Waals surface area contributed by atoms with Crippen molar-refractivity contribution >= 4 is 46.3 Å². The summed E-state index contributed by atoms with van der Waals surface area (Å²) in [5.74, 6) is 2.09. The Kier molecular flexibility index (Phi) is 7.65. The van der Waals surface area contributed by atoms with Crippen LogP contribution in [0, 0.1) is 0 Å². The number of anilines is 3. The number of fused-ring (bicyclic) bond motifs is 1. The van der Waals surface area contributed by atoms with Crippen LogP contribution >= 0.6 is 11.6 Å². The third-order valence-electron chi connectivity index (χ3n) is 6.81. The van der Waals surface area contributed by atoms with Gasteiger partial charge in [0.2, 0.25) is 11.9 Å². The summed E-state index contributed by atoms with van der Waals surface area (Å²) in [7, 11) is 1.84. The highest BCUT2D eigenvalue weighted by Crippen LogP contribution is 2.37. The molecule has 0 bridgehead atoms. The molecule has 0 spiro atoms. The summed E-state index contributed by atoms with van der Waals surface area (Å²) in [5, 5.41) is 11.2. The third-order valence-corrected chi connectivity index (χ3v) is 7.17. The van der Waals surface area contributed by atoms with Crippen molar-refractivity contribution in [3.8, 4) is 11.5 Å². The van der Waals surface area contributed by atoms with E-state index in [2.05, 4.69) is 55.9 Å². The minimum Gasteiger partial charge on any atom is -0.454 e. The number of hydrogen-bond donors (Lipinski definition) is 2. The first-order valence-electron chi connectivity index (χ1n) is 13.1. The van der Waals surface area contributed by atoms with E-state index in [1.54, 1.807) is 16.7 Å². The van der Waals surface area contributed by atoms with Crippen molar-refractivity contribution in [2.45, 2.75) is 45.6 Å². The number of carbonyl (C=O) groups is 1. The first kappa shape index (κ1) is 27.8. The molecule has 1 fully saturated rings. The number of halogens is 2. The summed E-state index contributed by atoms with van der Waals surface area (Å²) in [4.78, 5) is 26.7. The van der Waals surface area contributed by atoms with Gasteiger partial charge in [-0.2, -0.15) is 10.1 Å². The lowest BCUT2D eigenvalue weighted by molar-refractivity contribution is -0.114. The quantitative estimate of drug-likeness (QED) is 0.297. The molecular formula is C27H33ClFN9O2. The Morgan fingerprint density at radius 3 is 2.77 bits per heavy atom. The number of aromatic nitrogens is 6. The molecule has 1 aliphatic heterocycles. The highest BCUT2D eigenvalue weighted by molar-refractivity contribution is 6.36. The number of hydrogen-bond acceptors (Lipinski definition) is 8. The largest absolute Gasteiger partial charge is 0.454 e. The van der Waals surface area contributed by atoms with Crippen LogP contribution in [0.5, 0.6) is 11.5 Å². The van der Waals surface area contributed by atoms with Crippen LogP contribution in [0.3, 0.4) is 0 Å². The topological polar surface area (TPSA) is 115 Å². The van der Waals surface area contributed by atoms with Gasteiger partial charge < -0.3 is 19.9 Å². The molecule has 4 aromatic heterocycles. The van der Waals surface area contributed by atoms with Crippen molar-refractivity contribution in [2.24, 2.45) is 7.05 Å². The standard InChI is InChI=1S/C27H33ClFN9O2/c1-16(39)32-21-12-18(6-9-30-21)40-19-14-31-25-24(23(19)28)36(5)26(34-25)33-22-13-20(27(2,3)4)38(35-22)17-7-10-37(15-17)11-8-29/h6,9,12-14,17H,7-8,10-11,15H2,1-5H3,(H,30,32,39)(H,31,33,34,35). The average molecular weight is 570 g/mol. The SMILES string of the molecule is CC(=O)Nc1cc(Oc2cnc3nc(Nc4cc(C(C)(C)C)n(C5CCN(CCF)C5)n4)n(C)c3c2Cl)ccn1. The van der Waals surface area contributed by atoms with Crippen molar-refractivity contribution < 1.29 is 13.9 Å². The lowest BCUT2D eigenvalue weighted by Gasteiger charge is -2.23. The summed E-state index contributed by atoms with van der Waals surface area (Å²) in [5.41, 5.74) is 1.98. The molecule has 2 N–H and O–H groups in total. The van der Waals surface area contributed by atoms with E-state index in [1.165, 1.54) is 19.3 Å². The lowest BCUT2D eigenvalue weighted by atomic mass is 9.91. The summed E-state index contributed by atoms with van der Waals surface area (Å²) in [6.07, 6.45) is 3.96. The van der Waals surface area contributed by atoms with Crippen LogP contribution in [0.4, 0.5) is 22.0 Å². The molecule has 13 heteroatoms. The molecule has 40 heavy (non-hydrogen) atoms. The second-order valence-corrected chi connectivity index (χ2v) is 11.3. The van der Waals surface area contributed by atoms with E-state index in [9.17, 15) is 9.18 Å². The number of nitrogens with zero attached hydrogens (tertiary/aromatic N) is 7. The average Bonchev–Trinajstić information content (AvgIpc) is 3.59. The number of alkyl halides is 1. The number of rotatable bonds is 8. The van der Waals surface area contributed by atoms with Crippen molar-refractivity contribution in [1.29, 1.82) is 0 Å². The summed E-state index contributed by atoms with van der Waals surface area (Å²) in [6.45, 7) is 9.60. The molecule has 212 valence electrons. The summed E-state index contributed by atoms with van der Waals surface area (Å²) in [6, 6.07) is 5.47. The van der Waals surface area contributed by atoms with E-state index in [4.69, 9.17) is 21.4 Å². The van der Waals surface area contributed by atoms with Crippen LogP contribution in [0.2, 0.25) is 5.02 Å². The molecule has 0 radical (unpaired) electrons. The number of nitrogens with one attached hydrogen (secondary N) is 2. The Morgan fingerprint density at radius 2 is 2.05 bits per heavy atom. The molecule has 4 aromatic rings. The minimum atomic E-state index is -0.346. The van der Waals surface area contributed by atoms with Gasteiger partial charge in [0.15, 0.2) is 17.2 Å². The number of imidazole rings is 1. The maximum Gasteiger partial charge on any atom is 0.222 e. The van der Waals surface area contributed by atoms with Gasteiger partial charge in [-0.25, -0.2) is 14.4 Å². The van der Waals surface area contributed by atoms with Gasteiger partial charge in [0.25, 0.3) is 0 Å². The molecule has 1 unspecified atom stereocenters. The van der Waals surface area contributed by atoms with E-state index in [-0.39, 0.29) is 24.0 Å². The number of amides is 1. The number of ether oxygens (including phenoxy) is 1. The molecule has 1 amide bonds. The van der Waals surface area contributed by atoms with Gasteiger partial charge in [-0.1, -0.05) is 32.4 Å². The zero-order valence-corrected chi connectivity index (χ0v) is 24.0. The Morgan fingerprint density at radius 1 is 1.25 bits per heavy atom. The first-order valence-corrected chi connectivity index (χ1v) is 13.5. The first-order chi connectivity index (χ1) is 19.0. The summed E-state index contributed by atoms with van der Waals surface area (Å²) < 4.78 is 22.8. The third kappa shape index (κ3) is 5.73. The van der Waals surface area contributed by atoms with Crippen LogP contribution in [0.25, 0.3) is 11.2 Å². The number of likely N-dealkylation sites (tertiary alicyclic amines) is 1. The zero-order chi connectivity index (χ0) is 28.6. The Labute approximate surface area is 236 Å². The molecule has 0 aromatic carbocycles. The summed E-state index contributed by atoms with van der Waals surface area (Å²) >= 11 is 6.76. The monoisotopic (exact) mass is 569 g/mol. The molecule has 1 aliphatic rings. The van der Waals surface area contributed by atoms with Gasteiger partial charge >= 0.3 is 0 Å². The fourth-order valence-electron chi connectivity index (χ4n) is 4.89. The van der Waals surface area contributed by atoms with E-state index in [1.807, 2.05) is 13.1 Å². The maximum absolute atomic E-state index is 12.9. The second-order valence-electron chi connectivity index (χ2n) is 10.9. The van der Waals surface area contributed by atoms with Gasteiger partial charge in [-0.05, 0) is 12.5 Å². The predicted molar refractivity (Wildman–Crippen MR) is 152 cm³/mol.